The van der Waals surface area contributed by atoms with Crippen molar-refractivity contribution in [3.63, 3.8) is 0 Å². The molecule has 0 spiro atoms. The second-order valence-electron chi connectivity index (χ2n) is 25.0. The summed E-state index contributed by atoms with van der Waals surface area (Å²) in [6.07, 6.45) is 10.4. The van der Waals surface area contributed by atoms with Gasteiger partial charge in [-0.05, 0) is 71.8 Å². The number of nitrogens with two attached hydrogens (primary N) is 5. The second-order valence-corrected chi connectivity index (χ2v) is 25.0. The zero-order valence-electron chi connectivity index (χ0n) is 65.2. The van der Waals surface area contributed by atoms with Gasteiger partial charge in [0.25, 0.3) is 0 Å². The number of isocyanates is 1. The van der Waals surface area contributed by atoms with Crippen LogP contribution in [-0.4, -0.2) is 172 Å². The molecule has 40 heteroatoms. The van der Waals surface area contributed by atoms with Crippen LogP contribution < -0.4 is 68.4 Å². The molecule has 0 bridgehead atoms. The lowest BCUT2D eigenvalue weighted by molar-refractivity contribution is 0.0592. The number of imidazole rings is 2. The molecule has 0 fully saturated rings. The summed E-state index contributed by atoms with van der Waals surface area (Å²) < 4.78 is 34.1. The average molecular weight is 1650 g/mol. The van der Waals surface area contributed by atoms with Crippen LogP contribution >= 0.6 is 0 Å². The van der Waals surface area contributed by atoms with Gasteiger partial charge in [0.05, 0.1) is 80.9 Å². The number of anilines is 7. The first-order chi connectivity index (χ1) is 59.1. The van der Waals surface area contributed by atoms with Gasteiger partial charge in [-0.15, -0.1) is 0 Å². The number of fused-ring (bicyclic) bond motifs is 7. The Kier molecular flexibility index (Phi) is 26.2. The number of rotatable bonds is 18. The van der Waals surface area contributed by atoms with E-state index in [1.54, 1.807) is 60.0 Å². The summed E-state index contributed by atoms with van der Waals surface area (Å²) in [4.78, 5) is 132. The number of pyridine rings is 9. The summed E-state index contributed by atoms with van der Waals surface area (Å²) >= 11 is 0. The molecule has 0 unspecified atom stereocenters. The van der Waals surface area contributed by atoms with Gasteiger partial charge in [0.1, 0.15) is 62.0 Å². The number of H-pyrrole nitrogens is 1. The number of nitrogens with one attached hydrogen (secondary N) is 3. The summed E-state index contributed by atoms with van der Waals surface area (Å²) in [6.45, 7) is 1.14. The van der Waals surface area contributed by atoms with Crippen LogP contribution in [0.3, 0.4) is 0 Å². The fraction of sp³-hybridized carbons (Fsp3) is 0.0976. The lowest BCUT2D eigenvalue weighted by atomic mass is 10.2. The number of aromatic nitrogens is 17. The van der Waals surface area contributed by atoms with Gasteiger partial charge >= 0.3 is 23.9 Å². The van der Waals surface area contributed by atoms with Crippen LogP contribution in [0.15, 0.2) is 211 Å². The third kappa shape index (κ3) is 18.2. The van der Waals surface area contributed by atoms with Gasteiger partial charge in [-0.2, -0.15) is 15.0 Å². The summed E-state index contributed by atoms with van der Waals surface area (Å²) in [5.74, 6) is 0.227. The van der Waals surface area contributed by atoms with E-state index in [0.29, 0.717) is 105 Å². The maximum Gasteiger partial charge on any atom is 0.359 e. The molecule has 0 radical (unpaired) electrons. The van der Waals surface area contributed by atoms with E-state index in [2.05, 4.69) is 70.2 Å². The number of benzene rings is 4. The van der Waals surface area contributed by atoms with E-state index >= 15 is 0 Å². The highest BCUT2D eigenvalue weighted by Gasteiger charge is 2.25. The molecule has 614 valence electrons. The number of methoxy groups -OCH3 is 6. The van der Waals surface area contributed by atoms with Gasteiger partial charge in [0, 0.05) is 68.5 Å². The Hall–Kier alpha value is -17.7. The van der Waals surface area contributed by atoms with Crippen molar-refractivity contribution in [2.24, 2.45) is 4.99 Å². The van der Waals surface area contributed by atoms with Crippen molar-refractivity contribution >= 4 is 153 Å². The number of aliphatic imine (C=N–C) groups is 1. The van der Waals surface area contributed by atoms with Gasteiger partial charge < -0.3 is 88.0 Å². The highest BCUT2D eigenvalue weighted by molar-refractivity contribution is 6.03. The Labute approximate surface area is 687 Å². The van der Waals surface area contributed by atoms with Crippen LogP contribution in [0.5, 0.6) is 28.7 Å². The maximum absolute atomic E-state index is 11.6. The molecule has 122 heavy (non-hydrogen) atoms. The summed E-state index contributed by atoms with van der Waals surface area (Å²) in [7, 11) is 8.65. The molecule has 4 aromatic carbocycles. The molecule has 0 atom stereocenters. The van der Waals surface area contributed by atoms with Crippen molar-refractivity contribution in [1.29, 1.82) is 0 Å². The number of carbonyl (C=O) groups excluding carboxylic acids is 2. The van der Waals surface area contributed by atoms with Gasteiger partial charge in [-0.3, -0.25) is 9.78 Å². The molecule has 17 rings (SSSR count). The maximum atomic E-state index is 11.6. The fourth-order valence-electron chi connectivity index (χ4n) is 12.1. The lowest BCUT2D eigenvalue weighted by Crippen LogP contribution is -2.17. The first kappa shape index (κ1) is 83.7. The van der Waals surface area contributed by atoms with Gasteiger partial charge in [-0.25, -0.2) is 87.9 Å². The number of ether oxygens (including phenoxy) is 6. The second kappa shape index (κ2) is 38.2. The Bertz CT molecular complexity index is 6900. The molecule has 0 saturated heterocycles. The first-order valence-corrected chi connectivity index (χ1v) is 35.9. The minimum absolute atomic E-state index is 0.00972. The fourth-order valence-corrected chi connectivity index (χ4v) is 12.1. The molecule has 0 aliphatic carbocycles. The topological polar surface area (TPSA) is 591 Å². The number of carboxylic acids is 3. The van der Waals surface area contributed by atoms with Crippen LogP contribution in [0.1, 0.15) is 53.1 Å². The molecule has 13 aromatic heterocycles. The number of carbonyl (C=O) groups is 4. The van der Waals surface area contributed by atoms with E-state index in [-0.39, 0.29) is 68.1 Å². The van der Waals surface area contributed by atoms with Gasteiger partial charge in [0.15, 0.2) is 62.9 Å². The molecule has 0 saturated carbocycles. The standard InChI is InChI=1S/C25H20N8O.C22H19N7O.C10H9N3O3.C9H7N3O3.C9H8N2O4.C7H8N2O3/c1-34-21-16-10-7-13-27-22(16)30-20-19(21)31-25(32-23(20)28-14-15-8-3-2-4-9-15)33-18-12-6-5-11-17(18)29-24(33)26;1-30-17-11-12-24-19-18(17)27-22(28-20(19)25-13-14-7-3-2-4-8-14)29-16-10-6-5-9-15(16)26-21(29)23;1-16-8-5-3-2-4-12-9(5)13-7(6(8)11)10(14)15;10-5-6(9(14)15)12-8-4(7(5)13)2-1-3-11-8;1-14-6-3-4-10-8(9(13)15-2)7(6)11-5-12;1-12-4-2-3-9-6(5(4)8)7(10)11/h2-13H,14H2,1H3,(H2,26,29)(H,28,31,32);2-12H,13H2,1H3,(H2,23,26)(H,25,27,28);2-4H,11H2,1H3,(H,14,15);1-3H,10H2,(H,14,15)(H,11,12,13);3-4H,1-2H3;2-3H,8H2,1H3,(H,10,11). The van der Waals surface area contributed by atoms with Crippen LogP contribution in [0, 0.1) is 0 Å². The third-order valence-corrected chi connectivity index (χ3v) is 17.7. The zero-order chi connectivity index (χ0) is 86.7. The highest BCUT2D eigenvalue weighted by Crippen LogP contribution is 2.37. The molecule has 0 amide bonds. The lowest BCUT2D eigenvalue weighted by Gasteiger charge is -2.14. The van der Waals surface area contributed by atoms with Gasteiger partial charge in [-0.1, -0.05) is 84.9 Å². The molecule has 17 aromatic rings. The minimum Gasteiger partial charge on any atom is -0.494 e. The SMILES string of the molecule is COC(=O)c1nccc(OC)c1N=C=O.COc1c(N)c(C(=O)O)nc2ncccc12.COc1c2cccnc2nc2c(NCc3ccccc3)nc(-n3c(N)nc4ccccc43)nc12.COc1ccnc(C(=O)O)c1N.COc1ccnc2c(NCc3ccccc3)nc(-n3c(N)nc4ccccc43)nc12.Nc1c(C(=O)O)[nH]c2ncccc2c1=O. The van der Waals surface area contributed by atoms with Crippen LogP contribution in [0.2, 0.25) is 0 Å². The average Bonchev–Trinajstić information content (AvgIpc) is 1.29. The smallest absolute Gasteiger partial charge is 0.359 e. The number of aromatic carboxylic acids is 3. The van der Waals surface area contributed by atoms with Crippen molar-refractivity contribution < 1.29 is 67.7 Å². The number of aromatic amines is 1. The summed E-state index contributed by atoms with van der Waals surface area (Å²) in [5.41, 5.74) is 36.2. The number of para-hydroxylation sites is 4. The van der Waals surface area contributed by atoms with Crippen LogP contribution in [-0.2, 0) is 22.6 Å². The number of carboxylic acid groups (broad SMARTS) is 3. The monoisotopic (exact) mass is 1650 g/mol. The van der Waals surface area contributed by atoms with Crippen LogP contribution in [0.4, 0.5) is 46.3 Å². The summed E-state index contributed by atoms with van der Waals surface area (Å²) in [6, 6.07) is 50.6. The predicted molar refractivity (Wildman–Crippen MR) is 452 cm³/mol. The largest absolute Gasteiger partial charge is 0.494 e. The Morgan fingerprint density at radius 3 is 1.45 bits per heavy atom. The van der Waals surface area contributed by atoms with Crippen LogP contribution in [0.25, 0.3) is 89.1 Å². The van der Waals surface area contributed by atoms with Crippen molar-refractivity contribution in [3.05, 3.63) is 245 Å². The number of esters is 1. The Morgan fingerprint density at radius 2 is 0.918 bits per heavy atom. The van der Waals surface area contributed by atoms with Crippen molar-refractivity contribution in [1.82, 2.24) is 83.9 Å². The molecule has 0 aliphatic heterocycles. The Morgan fingerprint density at radius 1 is 0.434 bits per heavy atom. The number of hydrogen-bond acceptors (Lipinski definition) is 34. The molecule has 16 N–H and O–H groups in total. The van der Waals surface area contributed by atoms with E-state index < -0.39 is 29.3 Å². The quantitative estimate of drug-likeness (QED) is 0.0165. The number of nitrogens with zero attached hydrogens (tertiary/aromatic N) is 17. The number of nitrogen functional groups attached to an aromatic ring is 5. The molecular formula is C82H71N25O15. The summed E-state index contributed by atoms with van der Waals surface area (Å²) in [5, 5.41) is 34.7. The van der Waals surface area contributed by atoms with Crippen molar-refractivity contribution in [2.75, 3.05) is 82.0 Å². The minimum atomic E-state index is -1.28. The molecule has 0 aliphatic rings. The number of hydrogen-bond donors (Lipinski definition) is 11. The van der Waals surface area contributed by atoms with Crippen molar-refractivity contribution in [3.8, 4) is 40.6 Å². The van der Waals surface area contributed by atoms with Crippen molar-refractivity contribution in [2.45, 2.75) is 13.1 Å². The highest BCUT2D eigenvalue weighted by atomic mass is 16.5. The first-order valence-electron chi connectivity index (χ1n) is 35.9. The van der Waals surface area contributed by atoms with E-state index in [1.165, 1.54) is 77.5 Å². The van der Waals surface area contributed by atoms with E-state index in [4.69, 9.17) is 92.6 Å². The third-order valence-electron chi connectivity index (χ3n) is 17.7. The molecule has 13 heterocycles. The molecule has 40 nitrogen and oxygen atoms in total. The van der Waals surface area contributed by atoms with E-state index in [1.807, 2.05) is 121 Å². The Balaban J connectivity index is 0.000000140. The normalized spacial score (nSPS) is 10.5. The van der Waals surface area contributed by atoms with Gasteiger partial charge in [0.2, 0.25) is 35.3 Å². The van der Waals surface area contributed by atoms with E-state index in [9.17, 15) is 28.8 Å². The zero-order valence-corrected chi connectivity index (χ0v) is 65.2. The molecular weight excluding hydrogens is 1580 g/mol. The van der Waals surface area contributed by atoms with E-state index in [0.717, 1.165) is 38.6 Å². The predicted octanol–water partition coefficient (Wildman–Crippen LogP) is 10.0.